The Morgan fingerprint density at radius 2 is 2.04 bits per heavy atom. The first-order valence-corrected chi connectivity index (χ1v) is 8.05. The zero-order valence-electron chi connectivity index (χ0n) is 13.8. The summed E-state index contributed by atoms with van der Waals surface area (Å²) in [6.45, 7) is 7.73. The maximum Gasteiger partial charge on any atom is 0.254 e. The second-order valence-corrected chi connectivity index (χ2v) is 5.87. The molecule has 0 aliphatic carbocycles. The molecule has 1 aliphatic rings. The zero-order valence-corrected chi connectivity index (χ0v) is 13.8. The molecule has 0 saturated carbocycles. The summed E-state index contributed by atoms with van der Waals surface area (Å²) in [6, 6.07) is 4.29. The van der Waals surface area contributed by atoms with E-state index in [0.29, 0.717) is 51.5 Å². The fraction of sp³-hybridized carbons (Fsp3) is 0.588. The highest BCUT2D eigenvalue weighted by atomic mass is 19.1. The molecule has 1 heterocycles. The van der Waals surface area contributed by atoms with Crippen molar-refractivity contribution in [2.24, 2.45) is 0 Å². The van der Waals surface area contributed by atoms with Crippen molar-refractivity contribution in [1.82, 2.24) is 9.80 Å². The maximum absolute atomic E-state index is 13.4. The number of aliphatic hydroxyl groups is 1. The average Bonchev–Trinajstić information content (AvgIpc) is 2.55. The van der Waals surface area contributed by atoms with Gasteiger partial charge in [0.05, 0.1) is 12.7 Å². The standard InChI is InChI=1S/C17H25FN2O3/c1-3-23-12-15(21)11-19-6-8-20(9-7-19)17(22)16-10-14(18)5-4-13(16)2/h4-5,10,15,21H,3,6-9,11-12H2,1-2H3/t15-/m0/s1. The van der Waals surface area contributed by atoms with Crippen LogP contribution in [-0.4, -0.2) is 72.9 Å². The first-order valence-electron chi connectivity index (χ1n) is 8.05. The summed E-state index contributed by atoms with van der Waals surface area (Å²) in [5.41, 5.74) is 1.21. The van der Waals surface area contributed by atoms with Crippen LogP contribution in [0.25, 0.3) is 0 Å². The number of benzene rings is 1. The molecule has 1 atom stereocenters. The number of ether oxygens (including phenoxy) is 1. The third-order valence-electron chi connectivity index (χ3n) is 4.07. The van der Waals surface area contributed by atoms with Gasteiger partial charge < -0.3 is 14.7 Å². The Bertz CT molecular complexity index is 531. The van der Waals surface area contributed by atoms with Crippen LogP contribution in [0, 0.1) is 12.7 Å². The summed E-state index contributed by atoms with van der Waals surface area (Å²) in [4.78, 5) is 16.4. The SMILES string of the molecule is CCOC[C@@H](O)CN1CCN(C(=O)c2cc(F)ccc2C)CC1. The summed E-state index contributed by atoms with van der Waals surface area (Å²) in [6.07, 6.45) is -0.511. The molecule has 1 saturated heterocycles. The smallest absolute Gasteiger partial charge is 0.254 e. The summed E-state index contributed by atoms with van der Waals surface area (Å²) >= 11 is 0. The molecular formula is C17H25FN2O3. The molecule has 0 unspecified atom stereocenters. The van der Waals surface area contributed by atoms with Crippen molar-refractivity contribution in [1.29, 1.82) is 0 Å². The van der Waals surface area contributed by atoms with Gasteiger partial charge in [-0.1, -0.05) is 6.07 Å². The van der Waals surface area contributed by atoms with Gasteiger partial charge in [0.15, 0.2) is 0 Å². The predicted octanol–water partition coefficient (Wildman–Crippen LogP) is 1.29. The molecule has 1 aromatic carbocycles. The van der Waals surface area contributed by atoms with Gasteiger partial charge in [0.25, 0.3) is 5.91 Å². The lowest BCUT2D eigenvalue weighted by molar-refractivity contribution is 0.0111. The number of β-amino-alcohol motifs (C(OH)–C–C–N with tert-alkyl or cyclic N) is 1. The summed E-state index contributed by atoms with van der Waals surface area (Å²) < 4.78 is 18.6. The number of aryl methyl sites for hydroxylation is 1. The molecule has 0 aromatic heterocycles. The van der Waals surface area contributed by atoms with Crippen molar-refractivity contribution in [3.8, 4) is 0 Å². The van der Waals surface area contributed by atoms with E-state index in [1.54, 1.807) is 11.0 Å². The van der Waals surface area contributed by atoms with Crippen molar-refractivity contribution in [2.45, 2.75) is 20.0 Å². The third-order valence-corrected chi connectivity index (χ3v) is 4.07. The molecule has 1 amide bonds. The predicted molar refractivity (Wildman–Crippen MR) is 86.0 cm³/mol. The molecule has 0 spiro atoms. The van der Waals surface area contributed by atoms with Crippen LogP contribution in [0.15, 0.2) is 18.2 Å². The van der Waals surface area contributed by atoms with Crippen LogP contribution >= 0.6 is 0 Å². The Balaban J connectivity index is 1.86. The van der Waals surface area contributed by atoms with E-state index in [0.717, 1.165) is 5.56 Å². The Morgan fingerprint density at radius 1 is 1.35 bits per heavy atom. The molecule has 1 fully saturated rings. The van der Waals surface area contributed by atoms with Gasteiger partial charge in [0.2, 0.25) is 0 Å². The van der Waals surface area contributed by atoms with Crippen LogP contribution in [-0.2, 0) is 4.74 Å². The molecule has 5 nitrogen and oxygen atoms in total. The van der Waals surface area contributed by atoms with Crippen LogP contribution in [0.3, 0.4) is 0 Å². The fourth-order valence-corrected chi connectivity index (χ4v) is 2.73. The van der Waals surface area contributed by atoms with Gasteiger partial charge in [-0.2, -0.15) is 0 Å². The average molecular weight is 324 g/mol. The Morgan fingerprint density at radius 3 is 2.70 bits per heavy atom. The molecule has 0 radical (unpaired) electrons. The van der Waals surface area contributed by atoms with E-state index in [2.05, 4.69) is 4.90 Å². The number of carbonyl (C=O) groups is 1. The first kappa shape index (κ1) is 17.8. The van der Waals surface area contributed by atoms with Gasteiger partial charge in [-0.05, 0) is 31.5 Å². The van der Waals surface area contributed by atoms with E-state index in [-0.39, 0.29) is 5.91 Å². The van der Waals surface area contributed by atoms with E-state index in [1.165, 1.54) is 12.1 Å². The molecule has 1 aliphatic heterocycles. The molecule has 1 N–H and O–H groups in total. The number of hydrogen-bond acceptors (Lipinski definition) is 4. The van der Waals surface area contributed by atoms with E-state index in [9.17, 15) is 14.3 Å². The number of aliphatic hydroxyl groups excluding tert-OH is 1. The highest BCUT2D eigenvalue weighted by Crippen LogP contribution is 2.15. The van der Waals surface area contributed by atoms with Gasteiger partial charge in [0, 0.05) is 44.9 Å². The minimum atomic E-state index is -0.511. The van der Waals surface area contributed by atoms with Gasteiger partial charge in [-0.15, -0.1) is 0 Å². The molecule has 6 heteroatoms. The van der Waals surface area contributed by atoms with Gasteiger partial charge in [-0.3, -0.25) is 9.69 Å². The molecule has 0 bridgehead atoms. The maximum atomic E-state index is 13.4. The van der Waals surface area contributed by atoms with E-state index >= 15 is 0 Å². The number of carbonyl (C=O) groups excluding carboxylic acids is 1. The Hall–Kier alpha value is -1.50. The van der Waals surface area contributed by atoms with Crippen molar-refractivity contribution in [3.05, 3.63) is 35.1 Å². The van der Waals surface area contributed by atoms with Crippen molar-refractivity contribution >= 4 is 5.91 Å². The summed E-state index contributed by atoms with van der Waals surface area (Å²) in [5.74, 6) is -0.520. The number of halogens is 1. The Kier molecular flexibility index (Phi) is 6.50. The highest BCUT2D eigenvalue weighted by Gasteiger charge is 2.24. The Labute approximate surface area is 136 Å². The monoisotopic (exact) mass is 324 g/mol. The summed E-state index contributed by atoms with van der Waals surface area (Å²) in [5, 5.41) is 9.86. The third kappa shape index (κ3) is 4.99. The number of rotatable bonds is 6. The summed E-state index contributed by atoms with van der Waals surface area (Å²) in [7, 11) is 0. The number of amides is 1. The quantitative estimate of drug-likeness (QED) is 0.857. The van der Waals surface area contributed by atoms with Gasteiger partial charge in [0.1, 0.15) is 5.82 Å². The van der Waals surface area contributed by atoms with E-state index in [4.69, 9.17) is 4.74 Å². The lowest BCUT2D eigenvalue weighted by Crippen LogP contribution is -2.51. The minimum absolute atomic E-state index is 0.128. The largest absolute Gasteiger partial charge is 0.389 e. The number of nitrogens with zero attached hydrogens (tertiary/aromatic N) is 2. The van der Waals surface area contributed by atoms with Gasteiger partial charge >= 0.3 is 0 Å². The minimum Gasteiger partial charge on any atom is -0.389 e. The molecule has 1 aromatic rings. The van der Waals surface area contributed by atoms with Crippen LogP contribution in [0.2, 0.25) is 0 Å². The highest BCUT2D eigenvalue weighted by molar-refractivity contribution is 5.95. The second-order valence-electron chi connectivity index (χ2n) is 5.87. The van der Waals surface area contributed by atoms with Crippen molar-refractivity contribution in [2.75, 3.05) is 45.9 Å². The molecular weight excluding hydrogens is 299 g/mol. The van der Waals surface area contributed by atoms with Crippen LogP contribution < -0.4 is 0 Å². The van der Waals surface area contributed by atoms with E-state index < -0.39 is 11.9 Å². The lowest BCUT2D eigenvalue weighted by atomic mass is 10.1. The molecule has 128 valence electrons. The van der Waals surface area contributed by atoms with Crippen molar-refractivity contribution < 1.29 is 19.0 Å². The molecule has 23 heavy (non-hydrogen) atoms. The normalized spacial score (nSPS) is 17.3. The fourth-order valence-electron chi connectivity index (χ4n) is 2.73. The van der Waals surface area contributed by atoms with Crippen molar-refractivity contribution in [3.63, 3.8) is 0 Å². The van der Waals surface area contributed by atoms with Gasteiger partial charge in [-0.25, -0.2) is 4.39 Å². The van der Waals surface area contributed by atoms with Crippen LogP contribution in [0.1, 0.15) is 22.8 Å². The first-order chi connectivity index (χ1) is 11.0. The van der Waals surface area contributed by atoms with E-state index in [1.807, 2.05) is 13.8 Å². The lowest BCUT2D eigenvalue weighted by Gasteiger charge is -2.35. The number of piperazine rings is 1. The molecule has 2 rings (SSSR count). The topological polar surface area (TPSA) is 53.0 Å². The zero-order chi connectivity index (χ0) is 16.8. The number of hydrogen-bond donors (Lipinski definition) is 1. The second kappa shape index (κ2) is 8.38. The van der Waals surface area contributed by atoms with Crippen LogP contribution in [0.5, 0.6) is 0 Å². The van der Waals surface area contributed by atoms with Crippen LogP contribution in [0.4, 0.5) is 4.39 Å².